The predicted octanol–water partition coefficient (Wildman–Crippen LogP) is 4.80. The lowest BCUT2D eigenvalue weighted by molar-refractivity contribution is 0.0989. The molecular weight excluding hydrogens is 436 g/mol. The molecule has 2 heterocycles. The molecule has 2 N–H and O–H groups in total. The fourth-order valence-electron chi connectivity index (χ4n) is 3.75. The van der Waals surface area contributed by atoms with E-state index < -0.39 is 17.4 Å². The number of hydrogen-bond acceptors (Lipinski definition) is 5. The first-order chi connectivity index (χ1) is 15.6. The van der Waals surface area contributed by atoms with Crippen LogP contribution in [-0.4, -0.2) is 21.2 Å². The molecule has 2 aromatic heterocycles. The number of aromatic nitrogens is 2. The van der Waals surface area contributed by atoms with Crippen molar-refractivity contribution in [2.24, 2.45) is 0 Å². The molecule has 7 nitrogen and oxygen atoms in total. The summed E-state index contributed by atoms with van der Waals surface area (Å²) in [5.41, 5.74) is 5.25. The summed E-state index contributed by atoms with van der Waals surface area (Å²) < 4.78 is 1.20. The molecule has 0 saturated heterocycles. The minimum atomic E-state index is -0.551. The lowest BCUT2D eigenvalue weighted by Gasteiger charge is -2.11. The first kappa shape index (κ1) is 22.4. The number of hydrogen-bond donors (Lipinski definition) is 2. The fraction of sp³-hybridized carbons (Fsp3) is 0.200. The van der Waals surface area contributed by atoms with Crippen molar-refractivity contribution in [2.45, 2.75) is 34.6 Å². The average molecular weight is 461 g/mol. The van der Waals surface area contributed by atoms with Gasteiger partial charge in [-0.15, -0.1) is 0 Å². The average Bonchev–Trinajstić information content (AvgIpc) is 3.10. The highest BCUT2D eigenvalue weighted by Crippen LogP contribution is 2.26. The summed E-state index contributed by atoms with van der Waals surface area (Å²) >= 11 is 1.01. The molecule has 2 amide bonds. The molecule has 0 atom stereocenters. The Morgan fingerprint density at radius 3 is 2.30 bits per heavy atom. The quantitative estimate of drug-likeness (QED) is 0.457. The van der Waals surface area contributed by atoms with E-state index >= 15 is 0 Å². The summed E-state index contributed by atoms with van der Waals surface area (Å²) in [5, 5.41) is 5.73. The molecular formula is C25H24N4O3S. The topological polar surface area (TPSA) is 92.6 Å². The molecule has 4 rings (SSSR count). The van der Waals surface area contributed by atoms with Crippen molar-refractivity contribution in [3.05, 3.63) is 91.3 Å². The van der Waals surface area contributed by atoms with E-state index in [0.29, 0.717) is 17.1 Å². The van der Waals surface area contributed by atoms with Crippen LogP contribution in [0.2, 0.25) is 0 Å². The molecule has 2 aromatic carbocycles. The van der Waals surface area contributed by atoms with E-state index in [0.717, 1.165) is 33.6 Å². The second-order valence-electron chi connectivity index (χ2n) is 8.17. The van der Waals surface area contributed by atoms with Crippen molar-refractivity contribution < 1.29 is 9.59 Å². The van der Waals surface area contributed by atoms with Crippen molar-refractivity contribution in [1.29, 1.82) is 0 Å². The van der Waals surface area contributed by atoms with Crippen molar-refractivity contribution in [3.63, 3.8) is 0 Å². The van der Waals surface area contributed by atoms with Gasteiger partial charge in [0.05, 0.1) is 0 Å². The Kier molecular flexibility index (Phi) is 5.86. The van der Waals surface area contributed by atoms with E-state index in [1.807, 2.05) is 58.0 Å². The predicted molar refractivity (Wildman–Crippen MR) is 132 cm³/mol. The number of carbonyl (C=O) groups is 2. The summed E-state index contributed by atoms with van der Waals surface area (Å²) in [4.78, 5) is 44.3. The Balaban J connectivity index is 1.82. The first-order valence-corrected chi connectivity index (χ1v) is 11.3. The molecule has 8 heteroatoms. The van der Waals surface area contributed by atoms with Crippen molar-refractivity contribution in [1.82, 2.24) is 9.38 Å². The van der Waals surface area contributed by atoms with E-state index in [1.165, 1.54) is 10.5 Å². The maximum Gasteiger partial charge on any atom is 0.274 e. The second kappa shape index (κ2) is 8.63. The van der Waals surface area contributed by atoms with Crippen LogP contribution in [0.15, 0.2) is 47.3 Å². The van der Waals surface area contributed by atoms with Crippen LogP contribution in [0.1, 0.15) is 48.1 Å². The Morgan fingerprint density at radius 1 is 0.909 bits per heavy atom. The van der Waals surface area contributed by atoms with Gasteiger partial charge in [0.25, 0.3) is 17.4 Å². The van der Waals surface area contributed by atoms with E-state index in [9.17, 15) is 14.4 Å². The lowest BCUT2D eigenvalue weighted by atomic mass is 10.1. The number of thiazole rings is 1. The van der Waals surface area contributed by atoms with Gasteiger partial charge in [0.2, 0.25) is 0 Å². The number of anilines is 2. The summed E-state index contributed by atoms with van der Waals surface area (Å²) in [6.07, 6.45) is 0. The number of benzene rings is 2. The zero-order valence-corrected chi connectivity index (χ0v) is 19.9. The van der Waals surface area contributed by atoms with Crippen LogP contribution in [0.4, 0.5) is 11.4 Å². The van der Waals surface area contributed by atoms with Crippen molar-refractivity contribution >= 4 is 39.5 Å². The van der Waals surface area contributed by atoms with Gasteiger partial charge >= 0.3 is 0 Å². The third-order valence-corrected chi connectivity index (χ3v) is 6.44. The van der Waals surface area contributed by atoms with Crippen molar-refractivity contribution in [2.75, 3.05) is 10.6 Å². The summed E-state index contributed by atoms with van der Waals surface area (Å²) in [6.45, 7) is 9.44. The fourth-order valence-corrected chi connectivity index (χ4v) is 4.82. The third kappa shape index (κ3) is 4.42. The Hall–Kier alpha value is -3.78. The number of carbonyl (C=O) groups excluding carboxylic acids is 2. The number of aryl methyl sites for hydroxylation is 4. The minimum absolute atomic E-state index is 0.0329. The molecule has 168 valence electrons. The molecule has 0 aliphatic rings. The number of fused-ring (bicyclic) bond motifs is 1. The van der Waals surface area contributed by atoms with Gasteiger partial charge in [0, 0.05) is 23.1 Å². The molecule has 0 saturated carbocycles. The number of rotatable bonds is 4. The summed E-state index contributed by atoms with van der Waals surface area (Å²) in [7, 11) is 0. The molecule has 0 aliphatic carbocycles. The van der Waals surface area contributed by atoms with Gasteiger partial charge < -0.3 is 10.6 Å². The van der Waals surface area contributed by atoms with Crippen LogP contribution < -0.4 is 16.2 Å². The van der Waals surface area contributed by atoms with Crippen LogP contribution in [0.25, 0.3) is 4.96 Å². The Labute approximate surface area is 195 Å². The molecule has 0 unspecified atom stereocenters. The van der Waals surface area contributed by atoms with Crippen LogP contribution in [0.5, 0.6) is 0 Å². The smallest absolute Gasteiger partial charge is 0.274 e. The van der Waals surface area contributed by atoms with E-state index in [1.54, 1.807) is 13.0 Å². The normalized spacial score (nSPS) is 10.9. The van der Waals surface area contributed by atoms with Gasteiger partial charge in [-0.25, -0.2) is 9.38 Å². The van der Waals surface area contributed by atoms with Gasteiger partial charge in [-0.05, 0) is 75.1 Å². The third-order valence-electron chi connectivity index (χ3n) is 5.40. The number of amides is 2. The highest BCUT2D eigenvalue weighted by molar-refractivity contribution is 7.19. The molecule has 0 radical (unpaired) electrons. The van der Waals surface area contributed by atoms with Gasteiger partial charge in [-0.2, -0.15) is 0 Å². The Morgan fingerprint density at radius 2 is 1.61 bits per heavy atom. The number of nitrogens with zero attached hydrogens (tertiary/aromatic N) is 2. The molecule has 0 aliphatic heterocycles. The number of nitrogens with one attached hydrogen (secondary N) is 2. The summed E-state index contributed by atoms with van der Waals surface area (Å²) in [5.74, 6) is -1.02. The first-order valence-electron chi connectivity index (χ1n) is 10.4. The van der Waals surface area contributed by atoms with Crippen LogP contribution in [0, 0.1) is 34.6 Å². The molecule has 0 fully saturated rings. The zero-order valence-electron chi connectivity index (χ0n) is 19.1. The van der Waals surface area contributed by atoms with Gasteiger partial charge in [0.1, 0.15) is 10.6 Å². The monoisotopic (exact) mass is 460 g/mol. The van der Waals surface area contributed by atoms with Gasteiger partial charge in [0.15, 0.2) is 4.96 Å². The molecule has 33 heavy (non-hydrogen) atoms. The molecule has 0 bridgehead atoms. The SMILES string of the molecule is Cc1cc(C)cc(NC(=O)c2c(C(=O)Nc3cccc(C)c3C)sc3nc(C)cc(=O)n23)c1. The molecule has 0 spiro atoms. The second-order valence-corrected chi connectivity index (χ2v) is 9.14. The van der Waals surface area contributed by atoms with Gasteiger partial charge in [-0.3, -0.25) is 14.4 Å². The largest absolute Gasteiger partial charge is 0.321 e. The van der Waals surface area contributed by atoms with E-state index in [2.05, 4.69) is 15.6 Å². The van der Waals surface area contributed by atoms with E-state index in [-0.39, 0.29) is 15.5 Å². The van der Waals surface area contributed by atoms with Crippen molar-refractivity contribution in [3.8, 4) is 0 Å². The maximum absolute atomic E-state index is 13.4. The highest BCUT2D eigenvalue weighted by atomic mass is 32.1. The Bertz CT molecular complexity index is 1460. The highest BCUT2D eigenvalue weighted by Gasteiger charge is 2.26. The maximum atomic E-state index is 13.4. The van der Waals surface area contributed by atoms with Crippen LogP contribution >= 0.6 is 11.3 Å². The van der Waals surface area contributed by atoms with Crippen LogP contribution in [0.3, 0.4) is 0 Å². The minimum Gasteiger partial charge on any atom is -0.321 e. The lowest BCUT2D eigenvalue weighted by Crippen LogP contribution is -2.25. The van der Waals surface area contributed by atoms with E-state index in [4.69, 9.17) is 0 Å². The standard InChI is InChI=1S/C25H24N4O3S/c1-13-9-14(2)11-18(10-13)27-23(31)21-22(33-25-26-16(4)12-20(30)29(21)25)24(32)28-19-8-6-7-15(3)17(19)5/h6-12H,1-5H3,(H,27,31)(H,28,32). The van der Waals surface area contributed by atoms with Gasteiger partial charge in [-0.1, -0.05) is 29.5 Å². The zero-order chi connectivity index (χ0) is 23.9. The summed E-state index contributed by atoms with van der Waals surface area (Å²) in [6, 6.07) is 12.6. The molecule has 4 aromatic rings. The van der Waals surface area contributed by atoms with Crippen LogP contribution in [-0.2, 0) is 0 Å².